The fourth-order valence-electron chi connectivity index (χ4n) is 1.59. The van der Waals surface area contributed by atoms with Gasteiger partial charge in [0, 0.05) is 19.0 Å². The van der Waals surface area contributed by atoms with E-state index in [2.05, 4.69) is 0 Å². The molecule has 4 nitrogen and oxygen atoms in total. The molecule has 0 heterocycles. The van der Waals surface area contributed by atoms with Gasteiger partial charge in [-0.05, 0) is 32.0 Å². The van der Waals surface area contributed by atoms with Gasteiger partial charge in [0.05, 0.1) is 11.0 Å². The smallest absolute Gasteiger partial charge is 0.207 e. The molecule has 0 N–H and O–H groups in total. The average molecular weight is 288 g/mol. The van der Waals surface area contributed by atoms with Crippen molar-refractivity contribution in [1.29, 1.82) is 5.26 Å². The molecule has 0 bridgehead atoms. The van der Waals surface area contributed by atoms with Crippen molar-refractivity contribution >= 4 is 10.0 Å². The van der Waals surface area contributed by atoms with Gasteiger partial charge in [0.25, 0.3) is 0 Å². The molecule has 0 aliphatic carbocycles. The molecule has 0 atom stereocenters. The number of nitriles is 1. The van der Waals surface area contributed by atoms with E-state index < -0.39 is 21.7 Å². The maximum absolute atomic E-state index is 13.1. The minimum atomic E-state index is -3.94. The van der Waals surface area contributed by atoms with E-state index in [-0.39, 0.29) is 23.9 Å². The molecule has 0 aromatic heterocycles. The molecule has 0 spiro atoms. The van der Waals surface area contributed by atoms with Crippen LogP contribution in [0, 0.1) is 23.0 Å². The fourth-order valence-corrected chi connectivity index (χ4v) is 3.24. The fraction of sp³-hybridized carbons (Fsp3) is 0.417. The highest BCUT2D eigenvalue weighted by Gasteiger charge is 2.27. The largest absolute Gasteiger partial charge is 0.243 e. The Morgan fingerprint density at radius 1 is 1.32 bits per heavy atom. The lowest BCUT2D eigenvalue weighted by Gasteiger charge is -2.25. The number of hydrogen-bond donors (Lipinski definition) is 0. The highest BCUT2D eigenvalue weighted by atomic mass is 32.2. The van der Waals surface area contributed by atoms with E-state index in [0.29, 0.717) is 6.07 Å². The van der Waals surface area contributed by atoms with E-state index in [0.717, 1.165) is 16.4 Å². The molecule has 0 amide bonds. The van der Waals surface area contributed by atoms with E-state index in [1.54, 1.807) is 13.8 Å². The molecular formula is C12H14F2N2O2S. The first-order valence-electron chi connectivity index (χ1n) is 5.64. The average Bonchev–Trinajstić information content (AvgIpc) is 2.32. The van der Waals surface area contributed by atoms with Crippen LogP contribution in [0.3, 0.4) is 0 Å². The van der Waals surface area contributed by atoms with Gasteiger partial charge >= 0.3 is 0 Å². The molecule has 0 aliphatic heterocycles. The van der Waals surface area contributed by atoms with Crippen LogP contribution in [0.2, 0.25) is 0 Å². The molecule has 0 radical (unpaired) electrons. The zero-order valence-corrected chi connectivity index (χ0v) is 11.4. The quantitative estimate of drug-likeness (QED) is 0.835. The molecule has 1 aromatic carbocycles. The molecular weight excluding hydrogens is 274 g/mol. The predicted molar refractivity (Wildman–Crippen MR) is 65.6 cm³/mol. The summed E-state index contributed by atoms with van der Waals surface area (Å²) < 4.78 is 51.6. The lowest BCUT2D eigenvalue weighted by atomic mass is 10.3. The van der Waals surface area contributed by atoms with Crippen LogP contribution in [0.1, 0.15) is 20.3 Å². The summed E-state index contributed by atoms with van der Waals surface area (Å²) in [6.45, 7) is 3.30. The van der Waals surface area contributed by atoms with Crippen LogP contribution >= 0.6 is 0 Å². The van der Waals surface area contributed by atoms with Crippen molar-refractivity contribution in [2.45, 2.75) is 31.2 Å². The van der Waals surface area contributed by atoms with Crippen LogP contribution in [-0.2, 0) is 10.0 Å². The normalized spacial score (nSPS) is 11.8. The summed E-state index contributed by atoms with van der Waals surface area (Å²) in [4.78, 5) is -0.321. The van der Waals surface area contributed by atoms with Crippen molar-refractivity contribution in [3.8, 4) is 6.07 Å². The SMILES string of the molecule is CC(C)N(CCC#N)S(=O)(=O)c1ccc(F)c(F)c1. The molecule has 0 fully saturated rings. The molecule has 7 heteroatoms. The monoisotopic (exact) mass is 288 g/mol. The van der Waals surface area contributed by atoms with Crippen LogP contribution in [0.5, 0.6) is 0 Å². The second kappa shape index (κ2) is 6.08. The van der Waals surface area contributed by atoms with E-state index >= 15 is 0 Å². The van der Waals surface area contributed by atoms with Crippen molar-refractivity contribution in [2.75, 3.05) is 6.54 Å². The van der Waals surface area contributed by atoms with Crippen LogP contribution in [-0.4, -0.2) is 25.3 Å². The van der Waals surface area contributed by atoms with E-state index in [1.165, 1.54) is 0 Å². The van der Waals surface area contributed by atoms with Gasteiger partial charge in [-0.2, -0.15) is 9.57 Å². The summed E-state index contributed by atoms with van der Waals surface area (Å²) in [7, 11) is -3.94. The lowest BCUT2D eigenvalue weighted by molar-refractivity contribution is 0.360. The van der Waals surface area contributed by atoms with Crippen LogP contribution in [0.4, 0.5) is 8.78 Å². The lowest BCUT2D eigenvalue weighted by Crippen LogP contribution is -2.37. The van der Waals surface area contributed by atoms with Gasteiger partial charge < -0.3 is 0 Å². The first-order chi connectivity index (χ1) is 8.80. The summed E-state index contributed by atoms with van der Waals surface area (Å²) in [5.74, 6) is -2.32. The summed E-state index contributed by atoms with van der Waals surface area (Å²) in [6, 6.07) is 3.90. The van der Waals surface area contributed by atoms with Gasteiger partial charge in [0.1, 0.15) is 0 Å². The number of benzene rings is 1. The van der Waals surface area contributed by atoms with Gasteiger partial charge in [0.15, 0.2) is 11.6 Å². The molecule has 1 aromatic rings. The molecule has 0 unspecified atom stereocenters. The van der Waals surface area contributed by atoms with Crippen molar-refractivity contribution in [2.24, 2.45) is 0 Å². The molecule has 19 heavy (non-hydrogen) atoms. The zero-order chi connectivity index (χ0) is 14.6. The Bertz CT molecular complexity index is 594. The number of hydrogen-bond acceptors (Lipinski definition) is 3. The molecule has 1 rings (SSSR count). The van der Waals surface area contributed by atoms with Crippen molar-refractivity contribution in [3.63, 3.8) is 0 Å². The topological polar surface area (TPSA) is 61.2 Å². The summed E-state index contributed by atoms with van der Waals surface area (Å²) in [5, 5.41) is 8.53. The number of halogens is 2. The Balaban J connectivity index is 3.19. The van der Waals surface area contributed by atoms with Gasteiger partial charge in [-0.25, -0.2) is 17.2 Å². The number of nitrogens with zero attached hydrogens (tertiary/aromatic N) is 2. The minimum Gasteiger partial charge on any atom is -0.207 e. The highest BCUT2D eigenvalue weighted by Crippen LogP contribution is 2.20. The second-order valence-electron chi connectivity index (χ2n) is 4.19. The first-order valence-corrected chi connectivity index (χ1v) is 7.08. The Morgan fingerprint density at radius 2 is 1.95 bits per heavy atom. The van der Waals surface area contributed by atoms with E-state index in [9.17, 15) is 17.2 Å². The van der Waals surface area contributed by atoms with Gasteiger partial charge in [-0.3, -0.25) is 0 Å². The third-order valence-electron chi connectivity index (χ3n) is 2.52. The summed E-state index contributed by atoms with van der Waals surface area (Å²) in [6.07, 6.45) is 0.0289. The van der Waals surface area contributed by atoms with Crippen molar-refractivity contribution in [1.82, 2.24) is 4.31 Å². The van der Waals surface area contributed by atoms with E-state index in [1.807, 2.05) is 6.07 Å². The maximum Gasteiger partial charge on any atom is 0.243 e. The third kappa shape index (κ3) is 3.49. The molecule has 0 saturated carbocycles. The predicted octanol–water partition coefficient (Wildman–Crippen LogP) is 2.28. The summed E-state index contributed by atoms with van der Waals surface area (Å²) >= 11 is 0. The molecule has 0 aliphatic rings. The van der Waals surface area contributed by atoms with Gasteiger partial charge in [-0.15, -0.1) is 0 Å². The first kappa shape index (κ1) is 15.5. The van der Waals surface area contributed by atoms with Gasteiger partial charge in [0.2, 0.25) is 10.0 Å². The summed E-state index contributed by atoms with van der Waals surface area (Å²) in [5.41, 5.74) is 0. The Hall–Kier alpha value is -1.52. The Morgan fingerprint density at radius 3 is 2.42 bits per heavy atom. The number of sulfonamides is 1. The van der Waals surface area contributed by atoms with Gasteiger partial charge in [-0.1, -0.05) is 0 Å². The Kier molecular flexibility index (Phi) is 4.97. The molecule has 0 saturated heterocycles. The standard InChI is InChI=1S/C12H14F2N2O2S/c1-9(2)16(7-3-6-15)19(17,18)10-4-5-11(13)12(14)8-10/h4-5,8-9H,3,7H2,1-2H3. The highest BCUT2D eigenvalue weighted by molar-refractivity contribution is 7.89. The maximum atomic E-state index is 13.1. The van der Waals surface area contributed by atoms with Crippen molar-refractivity contribution < 1.29 is 17.2 Å². The second-order valence-corrected chi connectivity index (χ2v) is 6.08. The minimum absolute atomic E-state index is 0.00942. The van der Waals surface area contributed by atoms with Crippen LogP contribution in [0.25, 0.3) is 0 Å². The van der Waals surface area contributed by atoms with E-state index in [4.69, 9.17) is 5.26 Å². The van der Waals surface area contributed by atoms with Crippen LogP contribution < -0.4 is 0 Å². The van der Waals surface area contributed by atoms with Crippen molar-refractivity contribution in [3.05, 3.63) is 29.8 Å². The van der Waals surface area contributed by atoms with Crippen LogP contribution in [0.15, 0.2) is 23.1 Å². The Labute approximate surface area is 111 Å². The zero-order valence-electron chi connectivity index (χ0n) is 10.6. The third-order valence-corrected chi connectivity index (χ3v) is 4.59. The molecule has 104 valence electrons. The number of rotatable bonds is 5.